The monoisotopic (exact) mass is 205 g/mol. The normalized spacial score (nSPS) is 31.0. The van der Waals surface area contributed by atoms with Gasteiger partial charge in [-0.2, -0.15) is 0 Å². The number of hydrogen-bond donors (Lipinski definition) is 1. The van der Waals surface area contributed by atoms with Crippen molar-refractivity contribution in [3.05, 3.63) is 0 Å². The highest BCUT2D eigenvalue weighted by Crippen LogP contribution is 2.26. The van der Waals surface area contributed by atoms with E-state index in [1.807, 2.05) is 0 Å². The molecule has 1 aliphatic carbocycles. The van der Waals surface area contributed by atoms with Gasteiger partial charge in [0.2, 0.25) is 5.91 Å². The van der Waals surface area contributed by atoms with Gasteiger partial charge < -0.3 is 5.32 Å². The van der Waals surface area contributed by atoms with E-state index < -0.39 is 0 Å². The van der Waals surface area contributed by atoms with Gasteiger partial charge in [0, 0.05) is 6.04 Å². The number of rotatable bonds is 2. The largest absolute Gasteiger partial charge is 0.352 e. The molecule has 1 saturated carbocycles. The number of amides is 1. The predicted octanol–water partition coefficient (Wildman–Crippen LogP) is 1.30. The number of hydrogen-bond acceptors (Lipinski definition) is 1. The summed E-state index contributed by atoms with van der Waals surface area (Å²) in [5, 5.41) is 3.36. The standard InChI is InChI=1S/C7H12BrNO/c1-5-2-3-6(5)9-7(10)4-8/h5-6H,2-4H2,1H3,(H,9,10). The first-order chi connectivity index (χ1) is 4.74. The molecule has 3 heteroatoms. The summed E-state index contributed by atoms with van der Waals surface area (Å²) in [6.07, 6.45) is 2.41. The van der Waals surface area contributed by atoms with Crippen LogP contribution in [0, 0.1) is 5.92 Å². The Balaban J connectivity index is 2.19. The van der Waals surface area contributed by atoms with Crippen LogP contribution < -0.4 is 5.32 Å². The van der Waals surface area contributed by atoms with Crippen LogP contribution in [-0.4, -0.2) is 17.3 Å². The molecule has 1 fully saturated rings. The highest BCUT2D eigenvalue weighted by Gasteiger charge is 2.27. The van der Waals surface area contributed by atoms with E-state index in [0.717, 1.165) is 6.42 Å². The van der Waals surface area contributed by atoms with Crippen LogP contribution in [0.2, 0.25) is 0 Å². The summed E-state index contributed by atoms with van der Waals surface area (Å²) in [5.41, 5.74) is 0. The Morgan fingerprint density at radius 1 is 1.70 bits per heavy atom. The molecule has 0 bridgehead atoms. The third-order valence-electron chi connectivity index (χ3n) is 2.09. The molecule has 2 unspecified atom stereocenters. The molecule has 0 aromatic rings. The van der Waals surface area contributed by atoms with Crippen LogP contribution in [0.15, 0.2) is 0 Å². The lowest BCUT2D eigenvalue weighted by atomic mass is 9.81. The molecule has 0 heterocycles. The maximum absolute atomic E-state index is 10.8. The minimum atomic E-state index is 0.108. The summed E-state index contributed by atoms with van der Waals surface area (Å²) in [7, 11) is 0. The second-order valence-electron chi connectivity index (χ2n) is 2.86. The number of halogens is 1. The molecule has 58 valence electrons. The smallest absolute Gasteiger partial charge is 0.230 e. The van der Waals surface area contributed by atoms with E-state index in [1.54, 1.807) is 0 Å². The zero-order chi connectivity index (χ0) is 7.56. The third-order valence-corrected chi connectivity index (χ3v) is 2.60. The second-order valence-corrected chi connectivity index (χ2v) is 3.42. The molecular formula is C7H12BrNO. The summed E-state index contributed by atoms with van der Waals surface area (Å²) in [6.45, 7) is 2.17. The molecule has 0 aliphatic heterocycles. The van der Waals surface area contributed by atoms with E-state index in [0.29, 0.717) is 17.3 Å². The Hall–Kier alpha value is -0.0500. The average molecular weight is 206 g/mol. The van der Waals surface area contributed by atoms with Gasteiger partial charge in [-0.1, -0.05) is 22.9 Å². The fourth-order valence-electron chi connectivity index (χ4n) is 1.13. The van der Waals surface area contributed by atoms with E-state index in [4.69, 9.17) is 0 Å². The van der Waals surface area contributed by atoms with Crippen molar-refractivity contribution in [3.63, 3.8) is 0 Å². The van der Waals surface area contributed by atoms with Crippen LogP contribution in [0.5, 0.6) is 0 Å². The van der Waals surface area contributed by atoms with Gasteiger partial charge in [0.1, 0.15) is 0 Å². The van der Waals surface area contributed by atoms with Gasteiger partial charge in [-0.15, -0.1) is 0 Å². The van der Waals surface area contributed by atoms with Gasteiger partial charge in [0.25, 0.3) is 0 Å². The number of carbonyl (C=O) groups excluding carboxylic acids is 1. The molecule has 1 rings (SSSR count). The molecular weight excluding hydrogens is 194 g/mol. The van der Waals surface area contributed by atoms with Gasteiger partial charge in [-0.05, 0) is 18.8 Å². The molecule has 2 atom stereocenters. The summed E-state index contributed by atoms with van der Waals surface area (Å²) in [5.74, 6) is 0.791. The number of carbonyl (C=O) groups is 1. The molecule has 0 aromatic carbocycles. The molecule has 0 saturated heterocycles. The summed E-state index contributed by atoms with van der Waals surface area (Å²) in [4.78, 5) is 10.8. The Morgan fingerprint density at radius 2 is 2.40 bits per heavy atom. The average Bonchev–Trinajstić information content (AvgIpc) is 1.96. The highest BCUT2D eigenvalue weighted by molar-refractivity contribution is 9.09. The lowest BCUT2D eigenvalue weighted by Gasteiger charge is -2.34. The lowest BCUT2D eigenvalue weighted by Crippen LogP contribution is -2.45. The Kier molecular flexibility index (Phi) is 2.72. The van der Waals surface area contributed by atoms with Gasteiger partial charge in [-0.25, -0.2) is 0 Å². The van der Waals surface area contributed by atoms with E-state index in [9.17, 15) is 4.79 Å². The fraction of sp³-hybridized carbons (Fsp3) is 0.857. The minimum Gasteiger partial charge on any atom is -0.352 e. The Morgan fingerprint density at radius 3 is 2.70 bits per heavy atom. The van der Waals surface area contributed by atoms with Gasteiger partial charge in [-0.3, -0.25) is 4.79 Å². The fourth-order valence-corrected chi connectivity index (χ4v) is 1.29. The van der Waals surface area contributed by atoms with Crippen LogP contribution in [0.3, 0.4) is 0 Å². The summed E-state index contributed by atoms with van der Waals surface area (Å²) >= 11 is 3.10. The highest BCUT2D eigenvalue weighted by atomic mass is 79.9. The minimum absolute atomic E-state index is 0.108. The molecule has 1 N–H and O–H groups in total. The number of alkyl halides is 1. The van der Waals surface area contributed by atoms with E-state index >= 15 is 0 Å². The van der Waals surface area contributed by atoms with Gasteiger partial charge in [0.05, 0.1) is 5.33 Å². The van der Waals surface area contributed by atoms with Crippen molar-refractivity contribution < 1.29 is 4.79 Å². The summed E-state index contributed by atoms with van der Waals surface area (Å²) in [6, 6.07) is 0.449. The maximum Gasteiger partial charge on any atom is 0.230 e. The van der Waals surface area contributed by atoms with Crippen LogP contribution in [0.1, 0.15) is 19.8 Å². The first-order valence-electron chi connectivity index (χ1n) is 3.59. The maximum atomic E-state index is 10.8. The van der Waals surface area contributed by atoms with Crippen LogP contribution in [0.4, 0.5) is 0 Å². The summed E-state index contributed by atoms with van der Waals surface area (Å²) < 4.78 is 0. The molecule has 0 spiro atoms. The molecule has 0 aromatic heterocycles. The van der Waals surface area contributed by atoms with Crippen molar-refractivity contribution in [1.29, 1.82) is 0 Å². The lowest BCUT2D eigenvalue weighted by molar-refractivity contribution is -0.120. The number of nitrogens with one attached hydrogen (secondary N) is 1. The molecule has 2 nitrogen and oxygen atoms in total. The van der Waals surface area contributed by atoms with Crippen LogP contribution >= 0.6 is 15.9 Å². The SMILES string of the molecule is CC1CCC1NC(=O)CBr. The van der Waals surface area contributed by atoms with Gasteiger partial charge in [0.15, 0.2) is 0 Å². The second kappa shape index (κ2) is 3.37. The third kappa shape index (κ3) is 1.72. The first-order valence-corrected chi connectivity index (χ1v) is 4.71. The van der Waals surface area contributed by atoms with Crippen molar-refractivity contribution in [3.8, 4) is 0 Å². The Labute approximate surface area is 69.5 Å². The Bertz CT molecular complexity index is 138. The molecule has 1 aliphatic rings. The molecule has 10 heavy (non-hydrogen) atoms. The van der Waals surface area contributed by atoms with Crippen LogP contribution in [0.25, 0.3) is 0 Å². The predicted molar refractivity (Wildman–Crippen MR) is 44.1 cm³/mol. The van der Waals surface area contributed by atoms with E-state index in [-0.39, 0.29) is 5.91 Å². The van der Waals surface area contributed by atoms with Gasteiger partial charge >= 0.3 is 0 Å². The quantitative estimate of drug-likeness (QED) is 0.678. The first kappa shape index (κ1) is 8.05. The zero-order valence-corrected chi connectivity index (χ0v) is 7.65. The van der Waals surface area contributed by atoms with E-state index in [2.05, 4.69) is 28.2 Å². The van der Waals surface area contributed by atoms with Crippen molar-refractivity contribution in [1.82, 2.24) is 5.32 Å². The molecule has 0 radical (unpaired) electrons. The van der Waals surface area contributed by atoms with E-state index in [1.165, 1.54) is 6.42 Å². The van der Waals surface area contributed by atoms with Crippen molar-refractivity contribution in [2.45, 2.75) is 25.8 Å². The van der Waals surface area contributed by atoms with Crippen molar-refractivity contribution in [2.75, 3.05) is 5.33 Å². The zero-order valence-electron chi connectivity index (χ0n) is 6.06. The van der Waals surface area contributed by atoms with Crippen molar-refractivity contribution in [2.24, 2.45) is 5.92 Å². The molecule has 1 amide bonds. The van der Waals surface area contributed by atoms with Crippen LogP contribution in [-0.2, 0) is 4.79 Å². The topological polar surface area (TPSA) is 29.1 Å². The van der Waals surface area contributed by atoms with Crippen molar-refractivity contribution >= 4 is 21.8 Å².